The highest BCUT2D eigenvalue weighted by molar-refractivity contribution is 7.92. The molecule has 0 heterocycles. The highest BCUT2D eigenvalue weighted by Crippen LogP contribution is 2.22. The number of rotatable bonds is 10. The first-order chi connectivity index (χ1) is 14.1. The van der Waals surface area contributed by atoms with Crippen molar-refractivity contribution >= 4 is 21.6 Å². The molecule has 0 unspecified atom stereocenters. The van der Waals surface area contributed by atoms with Crippen LogP contribution in [0.4, 0.5) is 14.5 Å². The van der Waals surface area contributed by atoms with Gasteiger partial charge in [-0.25, -0.2) is 17.2 Å². The molecular formula is C21H26F2N2O4S. The molecule has 1 N–H and O–H groups in total. The van der Waals surface area contributed by atoms with Gasteiger partial charge in [0.1, 0.15) is 23.9 Å². The first-order valence-electron chi connectivity index (χ1n) is 9.51. The highest BCUT2D eigenvalue weighted by atomic mass is 32.2. The molecule has 0 aromatic heterocycles. The number of carbonyl (C=O) groups is 1. The van der Waals surface area contributed by atoms with Crippen LogP contribution < -0.4 is 14.4 Å². The van der Waals surface area contributed by atoms with E-state index in [2.05, 4.69) is 5.32 Å². The van der Waals surface area contributed by atoms with E-state index in [0.29, 0.717) is 29.8 Å². The lowest BCUT2D eigenvalue weighted by atomic mass is 10.1. The number of ether oxygens (including phenoxy) is 1. The molecule has 0 spiro atoms. The van der Waals surface area contributed by atoms with Crippen molar-refractivity contribution in [3.05, 3.63) is 59.7 Å². The number of sulfonamides is 1. The van der Waals surface area contributed by atoms with Crippen LogP contribution in [0.1, 0.15) is 25.8 Å². The van der Waals surface area contributed by atoms with Gasteiger partial charge in [-0.3, -0.25) is 9.10 Å². The number of aryl methyl sites for hydroxylation is 1. The minimum Gasteiger partial charge on any atom is -0.491 e. The van der Waals surface area contributed by atoms with Crippen molar-refractivity contribution in [2.45, 2.75) is 32.8 Å². The van der Waals surface area contributed by atoms with Gasteiger partial charge < -0.3 is 10.1 Å². The molecule has 0 aliphatic rings. The molecule has 0 bridgehead atoms. The van der Waals surface area contributed by atoms with Gasteiger partial charge in [-0.2, -0.15) is 0 Å². The number of halogens is 2. The van der Waals surface area contributed by atoms with Crippen LogP contribution in [0.2, 0.25) is 0 Å². The van der Waals surface area contributed by atoms with Crippen molar-refractivity contribution < 1.29 is 26.7 Å². The summed E-state index contributed by atoms with van der Waals surface area (Å²) < 4.78 is 57.4. The fourth-order valence-electron chi connectivity index (χ4n) is 2.82. The smallest absolute Gasteiger partial charge is 0.240 e. The fourth-order valence-corrected chi connectivity index (χ4v) is 3.67. The van der Waals surface area contributed by atoms with Crippen molar-refractivity contribution in [1.29, 1.82) is 0 Å². The molecule has 0 radical (unpaired) electrons. The van der Waals surface area contributed by atoms with Gasteiger partial charge in [0.05, 0.1) is 18.0 Å². The lowest BCUT2D eigenvalue weighted by Gasteiger charge is -2.22. The van der Waals surface area contributed by atoms with Crippen LogP contribution in [0.15, 0.2) is 42.5 Å². The topological polar surface area (TPSA) is 75.7 Å². The maximum absolute atomic E-state index is 14.0. The molecule has 9 heteroatoms. The third-order valence-corrected chi connectivity index (χ3v) is 5.23. The predicted molar refractivity (Wildman–Crippen MR) is 112 cm³/mol. The molecule has 0 saturated carbocycles. The summed E-state index contributed by atoms with van der Waals surface area (Å²) in [4.78, 5) is 12.2. The van der Waals surface area contributed by atoms with E-state index in [1.165, 1.54) is 0 Å². The monoisotopic (exact) mass is 440 g/mol. The highest BCUT2D eigenvalue weighted by Gasteiger charge is 2.23. The van der Waals surface area contributed by atoms with Crippen LogP contribution in [0, 0.1) is 11.6 Å². The lowest BCUT2D eigenvalue weighted by Crippen LogP contribution is -2.41. The molecule has 2 aromatic carbocycles. The number of nitrogens with one attached hydrogen (secondary N) is 1. The number of nitrogens with zero attached hydrogens (tertiary/aromatic N) is 1. The van der Waals surface area contributed by atoms with Gasteiger partial charge in [0, 0.05) is 12.6 Å². The Morgan fingerprint density at radius 3 is 2.53 bits per heavy atom. The Kier molecular flexibility index (Phi) is 8.16. The summed E-state index contributed by atoms with van der Waals surface area (Å²) >= 11 is 0. The van der Waals surface area contributed by atoms with Crippen molar-refractivity contribution in [2.24, 2.45) is 0 Å². The standard InChI is InChI=1S/C21H26F2N2O4S/c1-15(2)29-18-8-4-6-16(12-18)7-5-11-24-21(26)14-25(30(3,27)28)20-10-9-17(22)13-19(20)23/h4,6,8-10,12-13,15H,5,7,11,14H2,1-3H3,(H,24,26). The zero-order valence-electron chi connectivity index (χ0n) is 17.2. The van der Waals surface area contributed by atoms with Crippen molar-refractivity contribution in [3.8, 4) is 5.75 Å². The Morgan fingerprint density at radius 2 is 1.90 bits per heavy atom. The van der Waals surface area contributed by atoms with E-state index in [1.807, 2.05) is 38.1 Å². The van der Waals surface area contributed by atoms with E-state index in [4.69, 9.17) is 4.74 Å². The zero-order valence-corrected chi connectivity index (χ0v) is 18.0. The van der Waals surface area contributed by atoms with Gasteiger partial charge in [0.2, 0.25) is 15.9 Å². The quantitative estimate of drug-likeness (QED) is 0.576. The third kappa shape index (κ3) is 7.29. The number of benzene rings is 2. The molecule has 2 aromatic rings. The van der Waals surface area contributed by atoms with Crippen LogP contribution >= 0.6 is 0 Å². The number of hydrogen-bond acceptors (Lipinski definition) is 4. The molecule has 0 aliphatic carbocycles. The predicted octanol–water partition coefficient (Wildman–Crippen LogP) is 3.27. The zero-order chi connectivity index (χ0) is 22.3. The van der Waals surface area contributed by atoms with E-state index < -0.39 is 34.1 Å². The molecule has 6 nitrogen and oxygen atoms in total. The fraction of sp³-hybridized carbons (Fsp3) is 0.381. The Bertz CT molecular complexity index is 981. The molecule has 164 valence electrons. The largest absolute Gasteiger partial charge is 0.491 e. The van der Waals surface area contributed by atoms with Crippen molar-refractivity contribution in [2.75, 3.05) is 23.7 Å². The van der Waals surface area contributed by atoms with E-state index in [-0.39, 0.29) is 11.8 Å². The van der Waals surface area contributed by atoms with Crippen LogP contribution in [-0.4, -0.2) is 39.8 Å². The summed E-state index contributed by atoms with van der Waals surface area (Å²) in [6.45, 7) is 3.61. The molecule has 0 saturated heterocycles. The van der Waals surface area contributed by atoms with E-state index in [9.17, 15) is 22.0 Å². The summed E-state index contributed by atoms with van der Waals surface area (Å²) in [5.74, 6) is -1.70. The van der Waals surface area contributed by atoms with Crippen molar-refractivity contribution in [1.82, 2.24) is 5.32 Å². The molecule has 1 amide bonds. The average molecular weight is 441 g/mol. The first kappa shape index (κ1) is 23.6. The molecule has 30 heavy (non-hydrogen) atoms. The number of amides is 1. The maximum atomic E-state index is 14.0. The van der Waals surface area contributed by atoms with Gasteiger partial charge >= 0.3 is 0 Å². The van der Waals surface area contributed by atoms with Gasteiger partial charge in [-0.1, -0.05) is 12.1 Å². The first-order valence-corrected chi connectivity index (χ1v) is 11.4. The van der Waals surface area contributed by atoms with Gasteiger partial charge in [-0.15, -0.1) is 0 Å². The maximum Gasteiger partial charge on any atom is 0.240 e. The summed E-state index contributed by atoms with van der Waals surface area (Å²) in [5.41, 5.74) is 0.671. The van der Waals surface area contributed by atoms with Crippen LogP contribution in [0.25, 0.3) is 0 Å². The van der Waals surface area contributed by atoms with Crippen molar-refractivity contribution in [3.63, 3.8) is 0 Å². The second kappa shape index (κ2) is 10.4. The normalized spacial score (nSPS) is 11.4. The van der Waals surface area contributed by atoms with Gasteiger partial charge in [0.15, 0.2) is 0 Å². The van der Waals surface area contributed by atoms with Crippen LogP contribution in [-0.2, 0) is 21.2 Å². The minimum atomic E-state index is -3.94. The summed E-state index contributed by atoms with van der Waals surface area (Å²) in [6, 6.07) is 10.2. The SMILES string of the molecule is CC(C)Oc1cccc(CCCNC(=O)CN(c2ccc(F)cc2F)S(C)(=O)=O)c1. The van der Waals surface area contributed by atoms with Crippen LogP contribution in [0.5, 0.6) is 5.75 Å². The number of hydrogen-bond donors (Lipinski definition) is 1. The second-order valence-corrected chi connectivity index (χ2v) is 9.04. The van der Waals surface area contributed by atoms with Gasteiger partial charge in [-0.05, 0) is 56.5 Å². The van der Waals surface area contributed by atoms with Crippen LogP contribution in [0.3, 0.4) is 0 Å². The number of anilines is 1. The Balaban J connectivity index is 1.91. The third-order valence-electron chi connectivity index (χ3n) is 4.10. The lowest BCUT2D eigenvalue weighted by molar-refractivity contribution is -0.119. The molecular weight excluding hydrogens is 414 g/mol. The molecule has 0 atom stereocenters. The second-order valence-electron chi connectivity index (χ2n) is 7.13. The molecule has 0 aliphatic heterocycles. The molecule has 0 fully saturated rings. The summed E-state index contributed by atoms with van der Waals surface area (Å²) in [5, 5.41) is 2.63. The van der Waals surface area contributed by atoms with E-state index in [1.54, 1.807) is 0 Å². The van der Waals surface area contributed by atoms with E-state index >= 15 is 0 Å². The summed E-state index contributed by atoms with van der Waals surface area (Å²) in [6.07, 6.45) is 2.25. The Hall–Kier alpha value is -2.68. The van der Waals surface area contributed by atoms with E-state index in [0.717, 1.165) is 29.7 Å². The Labute approximate surface area is 175 Å². The Morgan fingerprint density at radius 1 is 1.17 bits per heavy atom. The molecule has 2 rings (SSSR count). The summed E-state index contributed by atoms with van der Waals surface area (Å²) in [7, 11) is -3.94. The van der Waals surface area contributed by atoms with Gasteiger partial charge in [0.25, 0.3) is 0 Å². The average Bonchev–Trinajstić information content (AvgIpc) is 2.63. The minimum absolute atomic E-state index is 0.0725. The number of carbonyl (C=O) groups excluding carboxylic acids is 1.